The number of carbonyl (C=O) groups is 2. The summed E-state index contributed by atoms with van der Waals surface area (Å²) >= 11 is 3.49. The molecule has 0 aromatic heterocycles. The predicted octanol–water partition coefficient (Wildman–Crippen LogP) is 3.82. The number of nitrogens with zero attached hydrogens (tertiary/aromatic N) is 2. The molecule has 6 heteroatoms. The monoisotopic (exact) mass is 440 g/mol. The van der Waals surface area contributed by atoms with Crippen LogP contribution in [0.15, 0.2) is 59.1 Å². The van der Waals surface area contributed by atoms with E-state index in [0.29, 0.717) is 26.1 Å². The summed E-state index contributed by atoms with van der Waals surface area (Å²) in [6, 6.07) is 14.7. The zero-order valence-corrected chi connectivity index (χ0v) is 16.9. The third kappa shape index (κ3) is 3.56. The van der Waals surface area contributed by atoms with Crippen LogP contribution >= 0.6 is 15.9 Å². The SMILES string of the molecule is O=C(C1CCN(c2ccccc2Br)C1=O)N1CC=C(c2ccc(O)cc2)CC1. The molecule has 144 valence electrons. The van der Waals surface area contributed by atoms with Crippen LogP contribution in [-0.4, -0.2) is 41.5 Å². The minimum atomic E-state index is -0.601. The van der Waals surface area contributed by atoms with Gasteiger partial charge in [-0.3, -0.25) is 9.59 Å². The Hall–Kier alpha value is -2.60. The number of aromatic hydroxyl groups is 1. The molecule has 0 spiro atoms. The summed E-state index contributed by atoms with van der Waals surface area (Å²) in [4.78, 5) is 29.3. The molecule has 2 aromatic carbocycles. The van der Waals surface area contributed by atoms with Gasteiger partial charge in [0, 0.05) is 24.1 Å². The van der Waals surface area contributed by atoms with Gasteiger partial charge in [0.25, 0.3) is 0 Å². The van der Waals surface area contributed by atoms with E-state index in [2.05, 4.69) is 15.9 Å². The largest absolute Gasteiger partial charge is 0.508 e. The average Bonchev–Trinajstić information content (AvgIpc) is 3.10. The average molecular weight is 441 g/mol. The second kappa shape index (κ2) is 7.80. The molecule has 4 rings (SSSR count). The molecule has 2 heterocycles. The molecule has 28 heavy (non-hydrogen) atoms. The van der Waals surface area contributed by atoms with Gasteiger partial charge in [0.15, 0.2) is 0 Å². The molecule has 1 atom stereocenters. The van der Waals surface area contributed by atoms with E-state index < -0.39 is 5.92 Å². The number of carbonyl (C=O) groups excluding carboxylic acids is 2. The van der Waals surface area contributed by atoms with Crippen molar-refractivity contribution in [2.45, 2.75) is 12.8 Å². The molecule has 0 aliphatic carbocycles. The quantitative estimate of drug-likeness (QED) is 0.737. The Bertz CT molecular complexity index is 939. The maximum atomic E-state index is 13.0. The lowest BCUT2D eigenvalue weighted by Crippen LogP contribution is -2.42. The molecule has 0 saturated carbocycles. The molecule has 2 amide bonds. The van der Waals surface area contributed by atoms with Crippen LogP contribution in [0.1, 0.15) is 18.4 Å². The minimum absolute atomic E-state index is 0.0828. The van der Waals surface area contributed by atoms with Crippen LogP contribution in [0.2, 0.25) is 0 Å². The Morgan fingerprint density at radius 2 is 1.82 bits per heavy atom. The van der Waals surface area contributed by atoms with Crippen molar-refractivity contribution in [3.05, 3.63) is 64.6 Å². The van der Waals surface area contributed by atoms with Crippen LogP contribution in [-0.2, 0) is 9.59 Å². The van der Waals surface area contributed by atoms with E-state index in [1.54, 1.807) is 21.9 Å². The fraction of sp³-hybridized carbons (Fsp3) is 0.273. The standard InChI is InChI=1S/C22H21BrN2O3/c23-19-3-1-2-4-20(19)25-14-11-18(22(25)28)21(27)24-12-9-16(10-13-24)15-5-7-17(26)8-6-15/h1-9,18,26H,10-14H2. The molecule has 0 radical (unpaired) electrons. The number of benzene rings is 2. The van der Waals surface area contributed by atoms with Gasteiger partial charge in [-0.25, -0.2) is 0 Å². The summed E-state index contributed by atoms with van der Waals surface area (Å²) in [6.07, 6.45) is 3.33. The number of hydrogen-bond acceptors (Lipinski definition) is 3. The van der Waals surface area contributed by atoms with Crippen LogP contribution in [0.3, 0.4) is 0 Å². The summed E-state index contributed by atoms with van der Waals surface area (Å²) in [5.41, 5.74) is 3.04. The topological polar surface area (TPSA) is 60.9 Å². The van der Waals surface area contributed by atoms with Crippen LogP contribution in [0.4, 0.5) is 5.69 Å². The van der Waals surface area contributed by atoms with E-state index in [9.17, 15) is 14.7 Å². The number of rotatable bonds is 3. The van der Waals surface area contributed by atoms with Gasteiger partial charge < -0.3 is 14.9 Å². The smallest absolute Gasteiger partial charge is 0.239 e. The lowest BCUT2D eigenvalue weighted by atomic mass is 9.98. The van der Waals surface area contributed by atoms with Gasteiger partial charge in [0.2, 0.25) is 11.8 Å². The predicted molar refractivity (Wildman–Crippen MR) is 112 cm³/mol. The molecule has 1 saturated heterocycles. The fourth-order valence-corrected chi connectivity index (χ4v) is 4.35. The maximum absolute atomic E-state index is 13.0. The van der Waals surface area contributed by atoms with Crippen molar-refractivity contribution in [1.29, 1.82) is 0 Å². The first-order valence-electron chi connectivity index (χ1n) is 9.38. The molecular weight excluding hydrogens is 420 g/mol. The summed E-state index contributed by atoms with van der Waals surface area (Å²) in [5.74, 6) is -0.562. The Morgan fingerprint density at radius 3 is 2.50 bits per heavy atom. The first-order chi connectivity index (χ1) is 13.5. The van der Waals surface area contributed by atoms with Crippen molar-refractivity contribution >= 4 is 39.0 Å². The minimum Gasteiger partial charge on any atom is -0.508 e. The molecule has 2 aromatic rings. The lowest BCUT2D eigenvalue weighted by Gasteiger charge is -2.28. The highest BCUT2D eigenvalue weighted by Gasteiger charge is 2.40. The van der Waals surface area contributed by atoms with Crippen molar-refractivity contribution in [3.63, 3.8) is 0 Å². The highest BCUT2D eigenvalue weighted by Crippen LogP contribution is 2.33. The van der Waals surface area contributed by atoms with E-state index in [-0.39, 0.29) is 17.6 Å². The second-order valence-electron chi connectivity index (χ2n) is 7.09. The van der Waals surface area contributed by atoms with Gasteiger partial charge in [-0.2, -0.15) is 0 Å². The molecule has 5 nitrogen and oxygen atoms in total. The molecule has 1 N–H and O–H groups in total. The first-order valence-corrected chi connectivity index (χ1v) is 10.2. The van der Waals surface area contributed by atoms with Gasteiger partial charge in [-0.05, 0) is 64.2 Å². The number of phenols is 1. The highest BCUT2D eigenvalue weighted by molar-refractivity contribution is 9.10. The van der Waals surface area contributed by atoms with Gasteiger partial charge in [-0.1, -0.05) is 30.3 Å². The van der Waals surface area contributed by atoms with Crippen LogP contribution in [0, 0.1) is 5.92 Å². The molecule has 0 bridgehead atoms. The molecule has 2 aliphatic heterocycles. The Morgan fingerprint density at radius 1 is 1.07 bits per heavy atom. The molecule has 1 unspecified atom stereocenters. The number of amides is 2. The van der Waals surface area contributed by atoms with Crippen molar-refractivity contribution in [2.75, 3.05) is 24.5 Å². The summed E-state index contributed by atoms with van der Waals surface area (Å²) < 4.78 is 0.857. The summed E-state index contributed by atoms with van der Waals surface area (Å²) in [6.45, 7) is 1.67. The zero-order valence-electron chi connectivity index (χ0n) is 15.3. The van der Waals surface area contributed by atoms with E-state index in [4.69, 9.17) is 0 Å². The summed E-state index contributed by atoms with van der Waals surface area (Å²) in [7, 11) is 0. The van der Waals surface area contributed by atoms with Crippen molar-refractivity contribution in [2.24, 2.45) is 5.92 Å². The molecule has 1 fully saturated rings. The number of anilines is 1. The van der Waals surface area contributed by atoms with Crippen molar-refractivity contribution in [3.8, 4) is 5.75 Å². The third-order valence-corrected chi connectivity index (χ3v) is 6.08. The van der Waals surface area contributed by atoms with E-state index in [1.807, 2.05) is 42.5 Å². The maximum Gasteiger partial charge on any atom is 0.239 e. The van der Waals surface area contributed by atoms with Gasteiger partial charge in [-0.15, -0.1) is 0 Å². The van der Waals surface area contributed by atoms with Crippen LogP contribution in [0.25, 0.3) is 5.57 Å². The molecule has 2 aliphatic rings. The fourth-order valence-electron chi connectivity index (χ4n) is 3.85. The van der Waals surface area contributed by atoms with Gasteiger partial charge >= 0.3 is 0 Å². The second-order valence-corrected chi connectivity index (χ2v) is 7.95. The van der Waals surface area contributed by atoms with Gasteiger partial charge in [0.05, 0.1) is 5.69 Å². The van der Waals surface area contributed by atoms with Gasteiger partial charge in [0.1, 0.15) is 11.7 Å². The van der Waals surface area contributed by atoms with E-state index in [0.717, 1.165) is 27.7 Å². The first kappa shape index (κ1) is 18.7. The number of hydrogen-bond donors (Lipinski definition) is 1. The van der Waals surface area contributed by atoms with Crippen LogP contribution < -0.4 is 4.90 Å². The third-order valence-electron chi connectivity index (χ3n) is 5.41. The Kier molecular flexibility index (Phi) is 5.22. The van der Waals surface area contributed by atoms with E-state index >= 15 is 0 Å². The number of phenolic OH excluding ortho intramolecular Hbond substituents is 1. The van der Waals surface area contributed by atoms with Crippen LogP contribution in [0.5, 0.6) is 5.75 Å². The number of halogens is 1. The summed E-state index contributed by atoms with van der Waals surface area (Å²) in [5, 5.41) is 9.43. The van der Waals surface area contributed by atoms with Crippen molar-refractivity contribution < 1.29 is 14.7 Å². The Balaban J connectivity index is 1.44. The molecular formula is C22H21BrN2O3. The number of para-hydroxylation sites is 1. The normalized spacial score (nSPS) is 19.7. The van der Waals surface area contributed by atoms with Crippen molar-refractivity contribution in [1.82, 2.24) is 4.90 Å². The Labute approximate surface area is 172 Å². The lowest BCUT2D eigenvalue weighted by molar-refractivity contribution is -0.139. The zero-order chi connectivity index (χ0) is 19.7. The van der Waals surface area contributed by atoms with E-state index in [1.165, 1.54) is 0 Å². The highest BCUT2D eigenvalue weighted by atomic mass is 79.9.